The normalized spacial score (nSPS) is 10.5. The van der Waals surface area contributed by atoms with E-state index >= 15 is 0 Å². The average Bonchev–Trinajstić information content (AvgIpc) is 2.55. The summed E-state index contributed by atoms with van der Waals surface area (Å²) in [4.78, 5) is 15.2. The van der Waals surface area contributed by atoms with E-state index in [1.54, 1.807) is 12.5 Å². The van der Waals surface area contributed by atoms with Crippen LogP contribution in [0, 0.1) is 0 Å². The van der Waals surface area contributed by atoms with Gasteiger partial charge in [0.15, 0.2) is 0 Å². The molecule has 78 valence electrons. The van der Waals surface area contributed by atoms with Gasteiger partial charge in [0, 0.05) is 31.4 Å². The average molecular weight is 195 g/mol. The van der Waals surface area contributed by atoms with Gasteiger partial charge >= 0.3 is 0 Å². The number of imidazole rings is 1. The third kappa shape index (κ3) is 4.07. The molecule has 0 aliphatic heterocycles. The van der Waals surface area contributed by atoms with Crippen LogP contribution in [0.4, 0.5) is 0 Å². The molecule has 1 heterocycles. The standard InChI is InChI=1S/C10H17N3O/c1-9(2)12-10(14)4-3-6-13-7-5-11-8-13/h5,7-9H,3-4,6H2,1-2H3,(H,12,14). The van der Waals surface area contributed by atoms with Gasteiger partial charge in [-0.3, -0.25) is 4.79 Å². The fourth-order valence-corrected chi connectivity index (χ4v) is 1.24. The predicted molar refractivity (Wildman–Crippen MR) is 54.7 cm³/mol. The number of nitrogens with zero attached hydrogens (tertiary/aromatic N) is 2. The Kier molecular flexibility index (Phi) is 4.16. The maximum Gasteiger partial charge on any atom is 0.220 e. The molecule has 0 aliphatic carbocycles. The zero-order chi connectivity index (χ0) is 10.4. The van der Waals surface area contributed by atoms with E-state index in [4.69, 9.17) is 0 Å². The van der Waals surface area contributed by atoms with Gasteiger partial charge in [0.25, 0.3) is 0 Å². The summed E-state index contributed by atoms with van der Waals surface area (Å²) in [6.07, 6.45) is 6.85. The largest absolute Gasteiger partial charge is 0.354 e. The fourth-order valence-electron chi connectivity index (χ4n) is 1.24. The van der Waals surface area contributed by atoms with E-state index in [2.05, 4.69) is 10.3 Å². The van der Waals surface area contributed by atoms with Crippen molar-refractivity contribution in [2.75, 3.05) is 0 Å². The Morgan fingerprint density at radius 1 is 1.57 bits per heavy atom. The van der Waals surface area contributed by atoms with Crippen LogP contribution in [0.1, 0.15) is 26.7 Å². The molecule has 1 rings (SSSR count). The van der Waals surface area contributed by atoms with Crippen molar-refractivity contribution in [1.29, 1.82) is 0 Å². The smallest absolute Gasteiger partial charge is 0.220 e. The van der Waals surface area contributed by atoms with E-state index in [1.165, 1.54) is 0 Å². The molecule has 1 amide bonds. The van der Waals surface area contributed by atoms with Crippen molar-refractivity contribution in [3.8, 4) is 0 Å². The summed E-state index contributed by atoms with van der Waals surface area (Å²) in [6.45, 7) is 4.78. The highest BCUT2D eigenvalue weighted by Gasteiger charge is 2.02. The Balaban J connectivity index is 2.12. The third-order valence-electron chi connectivity index (χ3n) is 1.83. The molecule has 4 heteroatoms. The predicted octanol–water partition coefficient (Wildman–Crippen LogP) is 1.19. The van der Waals surface area contributed by atoms with E-state index in [1.807, 2.05) is 24.6 Å². The monoisotopic (exact) mass is 195 g/mol. The molecular formula is C10H17N3O. The van der Waals surface area contributed by atoms with Crippen LogP contribution in [0.25, 0.3) is 0 Å². The Morgan fingerprint density at radius 2 is 2.36 bits per heavy atom. The third-order valence-corrected chi connectivity index (χ3v) is 1.83. The molecule has 0 radical (unpaired) electrons. The Bertz CT molecular complexity index is 267. The highest BCUT2D eigenvalue weighted by Crippen LogP contribution is 1.95. The molecule has 0 saturated heterocycles. The molecule has 0 saturated carbocycles. The number of hydrogen-bond acceptors (Lipinski definition) is 2. The van der Waals surface area contributed by atoms with Crippen molar-refractivity contribution in [1.82, 2.24) is 14.9 Å². The summed E-state index contributed by atoms with van der Waals surface area (Å²) in [5.74, 6) is 0.125. The van der Waals surface area contributed by atoms with Crippen molar-refractivity contribution in [3.05, 3.63) is 18.7 Å². The van der Waals surface area contributed by atoms with E-state index in [0.29, 0.717) is 6.42 Å². The lowest BCUT2D eigenvalue weighted by atomic mass is 10.2. The van der Waals surface area contributed by atoms with Crippen LogP contribution in [0.2, 0.25) is 0 Å². The van der Waals surface area contributed by atoms with Crippen molar-refractivity contribution in [3.63, 3.8) is 0 Å². The van der Waals surface area contributed by atoms with Gasteiger partial charge in [0.1, 0.15) is 0 Å². The van der Waals surface area contributed by atoms with Crippen LogP contribution in [0.5, 0.6) is 0 Å². The highest BCUT2D eigenvalue weighted by atomic mass is 16.1. The zero-order valence-electron chi connectivity index (χ0n) is 8.73. The first kappa shape index (κ1) is 10.8. The number of aryl methyl sites for hydroxylation is 1. The summed E-state index contributed by atoms with van der Waals surface area (Å²) in [5, 5.41) is 2.86. The number of aromatic nitrogens is 2. The number of hydrogen-bond donors (Lipinski definition) is 1. The molecule has 0 aromatic carbocycles. The van der Waals surface area contributed by atoms with Crippen LogP contribution in [-0.2, 0) is 11.3 Å². The van der Waals surface area contributed by atoms with E-state index < -0.39 is 0 Å². The zero-order valence-corrected chi connectivity index (χ0v) is 8.73. The van der Waals surface area contributed by atoms with Crippen molar-refractivity contribution in [2.45, 2.75) is 39.3 Å². The minimum atomic E-state index is 0.125. The molecule has 4 nitrogen and oxygen atoms in total. The maximum absolute atomic E-state index is 11.2. The second kappa shape index (κ2) is 5.42. The van der Waals surface area contributed by atoms with Gasteiger partial charge in [-0.05, 0) is 20.3 Å². The molecule has 0 fully saturated rings. The van der Waals surface area contributed by atoms with Gasteiger partial charge in [-0.2, -0.15) is 0 Å². The Labute approximate surface area is 84.3 Å². The van der Waals surface area contributed by atoms with Gasteiger partial charge in [0.2, 0.25) is 5.91 Å². The van der Waals surface area contributed by atoms with Gasteiger partial charge in [-0.15, -0.1) is 0 Å². The van der Waals surface area contributed by atoms with Crippen LogP contribution < -0.4 is 5.32 Å². The molecule has 1 N–H and O–H groups in total. The van der Waals surface area contributed by atoms with Crippen LogP contribution >= 0.6 is 0 Å². The SMILES string of the molecule is CC(C)NC(=O)CCCn1ccnc1. The number of nitrogens with one attached hydrogen (secondary N) is 1. The molecule has 0 aliphatic rings. The summed E-state index contributed by atoms with van der Waals surface area (Å²) in [5.41, 5.74) is 0. The van der Waals surface area contributed by atoms with E-state index in [0.717, 1.165) is 13.0 Å². The lowest BCUT2D eigenvalue weighted by Gasteiger charge is -2.07. The summed E-state index contributed by atoms with van der Waals surface area (Å²) >= 11 is 0. The van der Waals surface area contributed by atoms with Gasteiger partial charge in [0.05, 0.1) is 6.33 Å². The summed E-state index contributed by atoms with van der Waals surface area (Å²) < 4.78 is 1.97. The first-order valence-corrected chi connectivity index (χ1v) is 4.93. The van der Waals surface area contributed by atoms with Crippen LogP contribution in [0.3, 0.4) is 0 Å². The highest BCUT2D eigenvalue weighted by molar-refractivity contribution is 5.76. The maximum atomic E-state index is 11.2. The molecule has 14 heavy (non-hydrogen) atoms. The van der Waals surface area contributed by atoms with Gasteiger partial charge in [-0.25, -0.2) is 4.98 Å². The molecule has 1 aromatic rings. The molecule has 1 aromatic heterocycles. The Hall–Kier alpha value is -1.32. The lowest BCUT2D eigenvalue weighted by Crippen LogP contribution is -2.29. The summed E-state index contributed by atoms with van der Waals surface area (Å²) in [6, 6.07) is 0.232. The minimum absolute atomic E-state index is 0.125. The van der Waals surface area contributed by atoms with Crippen molar-refractivity contribution < 1.29 is 4.79 Å². The summed E-state index contributed by atoms with van der Waals surface area (Å²) in [7, 11) is 0. The van der Waals surface area contributed by atoms with Gasteiger partial charge < -0.3 is 9.88 Å². The lowest BCUT2D eigenvalue weighted by molar-refractivity contribution is -0.121. The Morgan fingerprint density at radius 3 is 2.93 bits per heavy atom. The topological polar surface area (TPSA) is 46.9 Å². The second-order valence-electron chi connectivity index (χ2n) is 3.63. The van der Waals surface area contributed by atoms with E-state index in [9.17, 15) is 4.79 Å². The molecule has 0 spiro atoms. The number of carbonyl (C=O) groups excluding carboxylic acids is 1. The fraction of sp³-hybridized carbons (Fsp3) is 0.600. The van der Waals surface area contributed by atoms with Crippen molar-refractivity contribution >= 4 is 5.91 Å². The van der Waals surface area contributed by atoms with Crippen LogP contribution in [-0.4, -0.2) is 21.5 Å². The first-order chi connectivity index (χ1) is 6.68. The van der Waals surface area contributed by atoms with Crippen molar-refractivity contribution in [2.24, 2.45) is 0 Å². The number of carbonyl (C=O) groups is 1. The molecule has 0 bridgehead atoms. The molecular weight excluding hydrogens is 178 g/mol. The second-order valence-corrected chi connectivity index (χ2v) is 3.63. The number of rotatable bonds is 5. The molecule has 0 atom stereocenters. The van der Waals surface area contributed by atoms with E-state index in [-0.39, 0.29) is 11.9 Å². The molecule has 0 unspecified atom stereocenters. The minimum Gasteiger partial charge on any atom is -0.354 e. The quantitative estimate of drug-likeness (QED) is 0.767. The van der Waals surface area contributed by atoms with Gasteiger partial charge in [-0.1, -0.05) is 0 Å². The first-order valence-electron chi connectivity index (χ1n) is 4.93. The number of amides is 1. The van der Waals surface area contributed by atoms with Crippen LogP contribution in [0.15, 0.2) is 18.7 Å².